The third-order valence-electron chi connectivity index (χ3n) is 2.83. The van der Waals surface area contributed by atoms with Gasteiger partial charge in [0.15, 0.2) is 12.4 Å². The number of benzene rings is 1. The van der Waals surface area contributed by atoms with Crippen molar-refractivity contribution in [2.24, 2.45) is 5.73 Å². The standard InChI is InChI=1S/C14H18ClN3O2/c1-8(2)14-17-13(20-18-14)7-19-12-5-4-10(9(3)16)6-11(12)15/h4-6,8-9H,7,16H2,1-3H3/t9-/m1/s1. The van der Waals surface area contributed by atoms with E-state index >= 15 is 0 Å². The van der Waals surface area contributed by atoms with Crippen molar-refractivity contribution in [1.29, 1.82) is 0 Å². The van der Waals surface area contributed by atoms with E-state index in [9.17, 15) is 0 Å². The summed E-state index contributed by atoms with van der Waals surface area (Å²) in [5.74, 6) is 1.89. The molecule has 2 rings (SSSR count). The van der Waals surface area contributed by atoms with E-state index in [-0.39, 0.29) is 18.6 Å². The fourth-order valence-electron chi connectivity index (χ4n) is 1.62. The van der Waals surface area contributed by atoms with Gasteiger partial charge in [-0.15, -0.1) is 0 Å². The topological polar surface area (TPSA) is 74.2 Å². The van der Waals surface area contributed by atoms with Gasteiger partial charge in [-0.1, -0.05) is 36.7 Å². The number of ether oxygens (including phenoxy) is 1. The van der Waals surface area contributed by atoms with E-state index in [1.807, 2.05) is 26.8 Å². The van der Waals surface area contributed by atoms with Gasteiger partial charge in [0.2, 0.25) is 0 Å². The molecule has 5 nitrogen and oxygen atoms in total. The summed E-state index contributed by atoms with van der Waals surface area (Å²) < 4.78 is 10.7. The van der Waals surface area contributed by atoms with Crippen LogP contribution in [0, 0.1) is 0 Å². The van der Waals surface area contributed by atoms with Gasteiger partial charge in [-0.05, 0) is 24.6 Å². The van der Waals surface area contributed by atoms with Gasteiger partial charge in [0, 0.05) is 12.0 Å². The van der Waals surface area contributed by atoms with Crippen molar-refractivity contribution in [3.05, 3.63) is 40.5 Å². The van der Waals surface area contributed by atoms with Crippen LogP contribution >= 0.6 is 11.6 Å². The maximum atomic E-state index is 6.15. The summed E-state index contributed by atoms with van der Waals surface area (Å²) in [5, 5.41) is 4.39. The average molecular weight is 296 g/mol. The number of nitrogens with zero attached hydrogens (tertiary/aromatic N) is 2. The normalized spacial score (nSPS) is 12.7. The Balaban J connectivity index is 2.03. The molecule has 20 heavy (non-hydrogen) atoms. The van der Waals surface area contributed by atoms with Gasteiger partial charge in [-0.25, -0.2) is 0 Å². The van der Waals surface area contributed by atoms with Crippen molar-refractivity contribution in [1.82, 2.24) is 10.1 Å². The monoisotopic (exact) mass is 295 g/mol. The van der Waals surface area contributed by atoms with Crippen LogP contribution in [-0.2, 0) is 6.61 Å². The predicted molar refractivity (Wildman–Crippen MR) is 76.8 cm³/mol. The lowest BCUT2D eigenvalue weighted by molar-refractivity contribution is 0.242. The number of aromatic nitrogens is 2. The molecule has 0 fully saturated rings. The molecule has 1 atom stereocenters. The highest BCUT2D eigenvalue weighted by molar-refractivity contribution is 6.32. The molecule has 1 aromatic carbocycles. The Labute approximate surface area is 123 Å². The fourth-order valence-corrected chi connectivity index (χ4v) is 1.86. The molecule has 0 saturated heterocycles. The van der Waals surface area contributed by atoms with Crippen LogP contribution in [0.15, 0.2) is 22.7 Å². The molecule has 0 bridgehead atoms. The van der Waals surface area contributed by atoms with E-state index in [4.69, 9.17) is 26.6 Å². The van der Waals surface area contributed by atoms with E-state index in [2.05, 4.69) is 10.1 Å². The minimum atomic E-state index is -0.0638. The number of halogens is 1. The largest absolute Gasteiger partial charge is 0.482 e. The van der Waals surface area contributed by atoms with Crippen LogP contribution in [0.2, 0.25) is 5.02 Å². The third-order valence-corrected chi connectivity index (χ3v) is 3.13. The molecule has 6 heteroatoms. The van der Waals surface area contributed by atoms with Crippen LogP contribution in [0.25, 0.3) is 0 Å². The van der Waals surface area contributed by atoms with E-state index in [0.29, 0.717) is 22.5 Å². The van der Waals surface area contributed by atoms with E-state index in [1.165, 1.54) is 0 Å². The lowest BCUT2D eigenvalue weighted by Gasteiger charge is -2.09. The van der Waals surface area contributed by atoms with Crippen molar-refractivity contribution in [3.8, 4) is 5.75 Å². The second-order valence-electron chi connectivity index (χ2n) is 4.97. The first kappa shape index (κ1) is 14.8. The SMILES string of the molecule is CC(C)c1noc(COc2ccc([C@@H](C)N)cc2Cl)n1. The summed E-state index contributed by atoms with van der Waals surface area (Å²) in [7, 11) is 0. The van der Waals surface area contributed by atoms with Crippen molar-refractivity contribution in [2.75, 3.05) is 0 Å². The molecule has 108 valence electrons. The summed E-state index contributed by atoms with van der Waals surface area (Å²) in [6.07, 6.45) is 0. The van der Waals surface area contributed by atoms with Gasteiger partial charge in [-0.2, -0.15) is 4.98 Å². The third kappa shape index (κ3) is 3.49. The van der Waals surface area contributed by atoms with Crippen LogP contribution in [0.3, 0.4) is 0 Å². The molecule has 2 N–H and O–H groups in total. The van der Waals surface area contributed by atoms with Crippen molar-refractivity contribution in [3.63, 3.8) is 0 Å². The van der Waals surface area contributed by atoms with Gasteiger partial charge in [0.25, 0.3) is 5.89 Å². The second-order valence-corrected chi connectivity index (χ2v) is 5.38. The van der Waals surface area contributed by atoms with Crippen LogP contribution in [0.5, 0.6) is 5.75 Å². The highest BCUT2D eigenvalue weighted by Gasteiger charge is 2.11. The number of hydrogen-bond acceptors (Lipinski definition) is 5. The van der Waals surface area contributed by atoms with Crippen LogP contribution < -0.4 is 10.5 Å². The van der Waals surface area contributed by atoms with Crippen molar-refractivity contribution in [2.45, 2.75) is 39.3 Å². The number of hydrogen-bond donors (Lipinski definition) is 1. The van der Waals surface area contributed by atoms with Gasteiger partial charge >= 0.3 is 0 Å². The van der Waals surface area contributed by atoms with E-state index < -0.39 is 0 Å². The van der Waals surface area contributed by atoms with Crippen LogP contribution in [0.4, 0.5) is 0 Å². The Kier molecular flexibility index (Phi) is 4.62. The Bertz CT molecular complexity index is 582. The summed E-state index contributed by atoms with van der Waals surface area (Å²) >= 11 is 6.15. The summed E-state index contributed by atoms with van der Waals surface area (Å²) in [6, 6.07) is 5.42. The number of nitrogens with two attached hydrogens (primary N) is 1. The quantitative estimate of drug-likeness (QED) is 0.914. The lowest BCUT2D eigenvalue weighted by atomic mass is 10.1. The Morgan fingerprint density at radius 2 is 2.10 bits per heavy atom. The van der Waals surface area contributed by atoms with E-state index in [0.717, 1.165) is 5.56 Å². The summed E-state index contributed by atoms with van der Waals surface area (Å²) in [4.78, 5) is 4.23. The maximum Gasteiger partial charge on any atom is 0.264 e. The average Bonchev–Trinajstić information content (AvgIpc) is 2.86. The molecule has 2 aromatic rings. The molecule has 0 spiro atoms. The van der Waals surface area contributed by atoms with Crippen molar-refractivity contribution >= 4 is 11.6 Å². The zero-order valence-corrected chi connectivity index (χ0v) is 12.5. The molecule has 0 aliphatic rings. The van der Waals surface area contributed by atoms with E-state index in [1.54, 1.807) is 12.1 Å². The summed E-state index contributed by atoms with van der Waals surface area (Å²) in [6.45, 7) is 6.09. The first-order valence-corrected chi connectivity index (χ1v) is 6.85. The molecule has 1 aromatic heterocycles. The highest BCUT2D eigenvalue weighted by Crippen LogP contribution is 2.28. The second kappa shape index (κ2) is 6.24. The van der Waals surface area contributed by atoms with Crippen molar-refractivity contribution < 1.29 is 9.26 Å². The minimum Gasteiger partial charge on any atom is -0.482 e. The molecule has 0 amide bonds. The predicted octanol–water partition coefficient (Wildman–Crippen LogP) is 3.45. The lowest BCUT2D eigenvalue weighted by Crippen LogP contribution is -2.05. The molecule has 0 unspecified atom stereocenters. The van der Waals surface area contributed by atoms with Gasteiger partial charge in [0.1, 0.15) is 5.75 Å². The molecular weight excluding hydrogens is 278 g/mol. The molecular formula is C14H18ClN3O2. The smallest absolute Gasteiger partial charge is 0.264 e. The molecule has 1 heterocycles. The fraction of sp³-hybridized carbons (Fsp3) is 0.429. The molecule has 0 aliphatic carbocycles. The zero-order valence-electron chi connectivity index (χ0n) is 11.8. The van der Waals surface area contributed by atoms with Gasteiger partial charge in [-0.3, -0.25) is 0 Å². The Morgan fingerprint density at radius 3 is 2.65 bits per heavy atom. The Hall–Kier alpha value is -1.59. The highest BCUT2D eigenvalue weighted by atomic mass is 35.5. The first-order chi connectivity index (χ1) is 9.47. The van der Waals surface area contributed by atoms with Gasteiger partial charge in [0.05, 0.1) is 5.02 Å². The van der Waals surface area contributed by atoms with Gasteiger partial charge < -0.3 is 15.0 Å². The van der Waals surface area contributed by atoms with Crippen LogP contribution in [-0.4, -0.2) is 10.1 Å². The maximum absolute atomic E-state index is 6.15. The molecule has 0 radical (unpaired) electrons. The summed E-state index contributed by atoms with van der Waals surface area (Å²) in [5.41, 5.74) is 6.76. The first-order valence-electron chi connectivity index (χ1n) is 6.47. The minimum absolute atomic E-state index is 0.0638. The number of rotatable bonds is 5. The zero-order chi connectivity index (χ0) is 14.7. The van der Waals surface area contributed by atoms with Crippen LogP contribution in [0.1, 0.15) is 50.0 Å². The Morgan fingerprint density at radius 1 is 1.35 bits per heavy atom. The molecule has 0 saturated carbocycles. The molecule has 0 aliphatic heterocycles.